The lowest BCUT2D eigenvalue weighted by Crippen LogP contribution is -2.13. The number of carbonyl (C=O) groups is 1. The van der Waals surface area contributed by atoms with Gasteiger partial charge in [0.25, 0.3) is 5.91 Å². The Labute approximate surface area is 141 Å². The maximum absolute atomic E-state index is 12.6. The number of nitrogens with zero attached hydrogens (tertiary/aromatic N) is 3. The van der Waals surface area contributed by atoms with Gasteiger partial charge >= 0.3 is 0 Å². The minimum Gasteiger partial charge on any atom is -0.360 e. The van der Waals surface area contributed by atoms with E-state index in [1.165, 1.54) is 11.3 Å². The smallest absolute Gasteiger partial charge is 0.263 e. The van der Waals surface area contributed by atoms with Gasteiger partial charge in [0, 0.05) is 5.56 Å². The third kappa shape index (κ3) is 3.43. The molecular weight excluding hydrogens is 332 g/mol. The van der Waals surface area contributed by atoms with E-state index in [0.717, 1.165) is 15.7 Å². The molecule has 0 bridgehead atoms. The fourth-order valence-corrected chi connectivity index (χ4v) is 3.68. The van der Waals surface area contributed by atoms with Crippen LogP contribution in [0, 0.1) is 6.92 Å². The number of aryl methyl sites for hydroxylation is 1. The molecule has 3 aromatic rings. The van der Waals surface area contributed by atoms with Crippen LogP contribution in [-0.2, 0) is 0 Å². The molecule has 0 saturated heterocycles. The Morgan fingerprint density at radius 3 is 2.83 bits per heavy atom. The van der Waals surface area contributed by atoms with Crippen LogP contribution in [0.2, 0.25) is 0 Å². The van der Waals surface area contributed by atoms with E-state index < -0.39 is 0 Å². The average Bonchev–Trinajstić information content (AvgIpc) is 3.15. The van der Waals surface area contributed by atoms with Crippen LogP contribution < -0.4 is 5.32 Å². The number of aromatic nitrogens is 3. The molecular formula is C15H14N4O2S2. The van der Waals surface area contributed by atoms with E-state index in [0.29, 0.717) is 22.1 Å². The fourth-order valence-electron chi connectivity index (χ4n) is 2.03. The van der Waals surface area contributed by atoms with Gasteiger partial charge in [-0.1, -0.05) is 65.5 Å². The number of nitrogens with one attached hydrogen (secondary N) is 1. The van der Waals surface area contributed by atoms with Gasteiger partial charge in [0.2, 0.25) is 5.13 Å². The van der Waals surface area contributed by atoms with Crippen LogP contribution in [0.25, 0.3) is 11.3 Å². The minimum absolute atomic E-state index is 0.299. The van der Waals surface area contributed by atoms with Gasteiger partial charge in [0.15, 0.2) is 4.34 Å². The monoisotopic (exact) mass is 346 g/mol. The van der Waals surface area contributed by atoms with Crippen molar-refractivity contribution < 1.29 is 9.32 Å². The van der Waals surface area contributed by atoms with E-state index in [1.807, 2.05) is 37.3 Å². The second kappa shape index (κ2) is 6.93. The van der Waals surface area contributed by atoms with Gasteiger partial charge in [-0.25, -0.2) is 0 Å². The summed E-state index contributed by atoms with van der Waals surface area (Å²) in [5.74, 6) is 1.08. The number of anilines is 1. The van der Waals surface area contributed by atoms with Crippen molar-refractivity contribution in [3.8, 4) is 11.3 Å². The summed E-state index contributed by atoms with van der Waals surface area (Å²) in [6, 6.07) is 9.45. The first-order valence-corrected chi connectivity index (χ1v) is 8.78. The summed E-state index contributed by atoms with van der Waals surface area (Å²) >= 11 is 2.93. The third-order valence-electron chi connectivity index (χ3n) is 3.03. The highest BCUT2D eigenvalue weighted by molar-refractivity contribution is 8.01. The molecule has 0 unspecified atom stereocenters. The van der Waals surface area contributed by atoms with Crippen molar-refractivity contribution in [1.29, 1.82) is 0 Å². The van der Waals surface area contributed by atoms with Crippen LogP contribution in [0.4, 0.5) is 5.13 Å². The van der Waals surface area contributed by atoms with Crippen LogP contribution >= 0.6 is 23.1 Å². The van der Waals surface area contributed by atoms with E-state index >= 15 is 0 Å². The Kier molecular flexibility index (Phi) is 4.73. The molecule has 0 radical (unpaired) electrons. The Hall–Kier alpha value is -2.19. The molecule has 8 heteroatoms. The van der Waals surface area contributed by atoms with Gasteiger partial charge in [-0.15, -0.1) is 10.2 Å². The van der Waals surface area contributed by atoms with E-state index in [9.17, 15) is 4.79 Å². The van der Waals surface area contributed by atoms with Gasteiger partial charge in [-0.05, 0) is 12.7 Å². The predicted octanol–water partition coefficient (Wildman–Crippen LogP) is 3.87. The van der Waals surface area contributed by atoms with E-state index in [4.69, 9.17) is 4.52 Å². The summed E-state index contributed by atoms with van der Waals surface area (Å²) in [6.07, 6.45) is 0. The van der Waals surface area contributed by atoms with Crippen molar-refractivity contribution in [3.63, 3.8) is 0 Å². The average molecular weight is 346 g/mol. The van der Waals surface area contributed by atoms with Gasteiger partial charge in [0.05, 0.1) is 0 Å². The number of hydrogen-bond acceptors (Lipinski definition) is 7. The number of thioether (sulfide) groups is 1. The highest BCUT2D eigenvalue weighted by Gasteiger charge is 2.22. The molecule has 0 aliphatic rings. The second-order valence-electron chi connectivity index (χ2n) is 4.59. The molecule has 0 aliphatic heterocycles. The van der Waals surface area contributed by atoms with Crippen LogP contribution in [0.3, 0.4) is 0 Å². The number of amides is 1. The molecule has 2 aromatic heterocycles. The van der Waals surface area contributed by atoms with E-state index in [2.05, 4.69) is 20.7 Å². The van der Waals surface area contributed by atoms with E-state index in [-0.39, 0.29) is 5.91 Å². The molecule has 0 aliphatic carbocycles. The maximum atomic E-state index is 12.6. The first-order valence-electron chi connectivity index (χ1n) is 6.98. The Morgan fingerprint density at radius 2 is 2.09 bits per heavy atom. The highest BCUT2D eigenvalue weighted by atomic mass is 32.2. The molecule has 0 saturated carbocycles. The predicted molar refractivity (Wildman–Crippen MR) is 90.9 cm³/mol. The molecule has 3 rings (SSSR count). The number of hydrogen-bond donors (Lipinski definition) is 1. The largest absolute Gasteiger partial charge is 0.360 e. The first-order chi connectivity index (χ1) is 11.2. The van der Waals surface area contributed by atoms with Crippen molar-refractivity contribution in [2.24, 2.45) is 0 Å². The minimum atomic E-state index is -0.299. The molecule has 1 aromatic carbocycles. The molecule has 1 N–H and O–H groups in total. The summed E-state index contributed by atoms with van der Waals surface area (Å²) in [4.78, 5) is 12.6. The topological polar surface area (TPSA) is 80.9 Å². The zero-order valence-electron chi connectivity index (χ0n) is 12.6. The summed E-state index contributed by atoms with van der Waals surface area (Å²) in [5, 5.41) is 15.2. The van der Waals surface area contributed by atoms with Gasteiger partial charge < -0.3 is 4.52 Å². The van der Waals surface area contributed by atoms with Gasteiger partial charge in [0.1, 0.15) is 17.0 Å². The van der Waals surface area contributed by atoms with Gasteiger partial charge in [-0.3, -0.25) is 10.1 Å². The molecule has 0 atom stereocenters. The van der Waals surface area contributed by atoms with Crippen molar-refractivity contribution in [2.45, 2.75) is 18.2 Å². The van der Waals surface area contributed by atoms with Crippen LogP contribution in [0.5, 0.6) is 0 Å². The molecule has 0 spiro atoms. The van der Waals surface area contributed by atoms with Crippen molar-refractivity contribution in [1.82, 2.24) is 15.4 Å². The van der Waals surface area contributed by atoms with Crippen LogP contribution in [-0.4, -0.2) is 27.0 Å². The molecule has 118 valence electrons. The Bertz CT molecular complexity index is 814. The molecule has 6 nitrogen and oxygen atoms in total. The van der Waals surface area contributed by atoms with Crippen LogP contribution in [0.15, 0.2) is 39.2 Å². The SMILES string of the molecule is CCSc1nnc(NC(=O)c2c(-c3ccccc3)noc2C)s1. The summed E-state index contributed by atoms with van der Waals surface area (Å²) < 4.78 is 6.03. The van der Waals surface area contributed by atoms with Crippen molar-refractivity contribution in [3.05, 3.63) is 41.7 Å². The van der Waals surface area contributed by atoms with Crippen molar-refractivity contribution >= 4 is 34.1 Å². The quantitative estimate of drug-likeness (QED) is 0.558. The lowest BCUT2D eigenvalue weighted by molar-refractivity contribution is 0.102. The lowest BCUT2D eigenvalue weighted by atomic mass is 10.1. The van der Waals surface area contributed by atoms with Gasteiger partial charge in [-0.2, -0.15) is 0 Å². The number of rotatable bonds is 5. The Balaban J connectivity index is 1.86. The summed E-state index contributed by atoms with van der Waals surface area (Å²) in [6.45, 7) is 3.75. The highest BCUT2D eigenvalue weighted by Crippen LogP contribution is 2.28. The number of carbonyl (C=O) groups excluding carboxylic acids is 1. The second-order valence-corrected chi connectivity index (χ2v) is 7.08. The van der Waals surface area contributed by atoms with E-state index in [1.54, 1.807) is 18.7 Å². The fraction of sp³-hybridized carbons (Fsp3) is 0.200. The summed E-state index contributed by atoms with van der Waals surface area (Å²) in [7, 11) is 0. The zero-order valence-corrected chi connectivity index (χ0v) is 14.2. The standard InChI is InChI=1S/C15H14N4O2S2/c1-3-22-15-18-17-14(23-15)16-13(20)11-9(2)21-19-12(11)10-7-5-4-6-8-10/h4-8H,3H2,1-2H3,(H,16,17,20). The zero-order chi connectivity index (χ0) is 16.2. The molecule has 0 fully saturated rings. The molecule has 1 amide bonds. The lowest BCUT2D eigenvalue weighted by Gasteiger charge is -2.02. The molecule has 2 heterocycles. The first kappa shape index (κ1) is 15.7. The van der Waals surface area contributed by atoms with Crippen molar-refractivity contribution in [2.75, 3.05) is 11.1 Å². The molecule has 23 heavy (non-hydrogen) atoms. The number of benzene rings is 1. The maximum Gasteiger partial charge on any atom is 0.263 e. The van der Waals surface area contributed by atoms with Crippen LogP contribution in [0.1, 0.15) is 23.0 Å². The summed E-state index contributed by atoms with van der Waals surface area (Å²) in [5.41, 5.74) is 1.76. The third-order valence-corrected chi connectivity index (χ3v) is 4.89. The Morgan fingerprint density at radius 1 is 1.30 bits per heavy atom. The normalized spacial score (nSPS) is 10.7.